The summed E-state index contributed by atoms with van der Waals surface area (Å²) in [7, 11) is 0. The number of hydrogen-bond acceptors (Lipinski definition) is 3. The quantitative estimate of drug-likeness (QED) is 0.476. The van der Waals surface area contributed by atoms with Gasteiger partial charge in [0, 0.05) is 16.8 Å². The van der Waals surface area contributed by atoms with E-state index < -0.39 is 0 Å². The van der Waals surface area contributed by atoms with Crippen LogP contribution in [0.5, 0.6) is 0 Å². The van der Waals surface area contributed by atoms with E-state index in [1.165, 1.54) is 0 Å². The Labute approximate surface area is 169 Å². The van der Waals surface area contributed by atoms with Gasteiger partial charge in [0.25, 0.3) is 11.8 Å². The Morgan fingerprint density at radius 1 is 0.759 bits per heavy atom. The number of amides is 2. The molecule has 3 aromatic carbocycles. The molecule has 0 spiro atoms. The number of nitrogens with zero attached hydrogens (tertiary/aromatic N) is 1. The number of carbonyl (C=O) groups is 2. The van der Waals surface area contributed by atoms with Gasteiger partial charge >= 0.3 is 0 Å². The zero-order valence-electron chi connectivity index (χ0n) is 16.0. The molecule has 5 heteroatoms. The van der Waals surface area contributed by atoms with Gasteiger partial charge < -0.3 is 5.32 Å². The number of hydrogen-bond donors (Lipinski definition) is 2. The Hall–Kier alpha value is -3.99. The van der Waals surface area contributed by atoms with E-state index in [1.807, 2.05) is 55.5 Å². The van der Waals surface area contributed by atoms with E-state index in [2.05, 4.69) is 15.8 Å². The summed E-state index contributed by atoms with van der Waals surface area (Å²) in [5.41, 5.74) is 5.90. The summed E-state index contributed by atoms with van der Waals surface area (Å²) in [6.07, 6.45) is 3.76. The second-order valence-electron chi connectivity index (χ2n) is 6.34. The van der Waals surface area contributed by atoms with Gasteiger partial charge in [0.2, 0.25) is 0 Å². The van der Waals surface area contributed by atoms with Crippen LogP contribution in [0.4, 0.5) is 5.69 Å². The second-order valence-corrected chi connectivity index (χ2v) is 6.34. The smallest absolute Gasteiger partial charge is 0.271 e. The maximum absolute atomic E-state index is 12.2. The first kappa shape index (κ1) is 19.8. The van der Waals surface area contributed by atoms with E-state index in [0.717, 1.165) is 5.56 Å². The van der Waals surface area contributed by atoms with Crippen LogP contribution in [0.25, 0.3) is 6.08 Å². The SMILES string of the molecule is CC(/C=C/c1ccccc1)=N\NC(=O)c1ccc(NC(=O)c2ccccc2)cc1. The lowest BCUT2D eigenvalue weighted by Gasteiger charge is -2.06. The average molecular weight is 383 g/mol. The van der Waals surface area contributed by atoms with Crippen molar-refractivity contribution in [2.75, 3.05) is 5.32 Å². The van der Waals surface area contributed by atoms with Crippen molar-refractivity contribution in [2.45, 2.75) is 6.92 Å². The molecule has 0 aliphatic carbocycles. The number of anilines is 1. The highest BCUT2D eigenvalue weighted by molar-refractivity contribution is 6.04. The lowest BCUT2D eigenvalue weighted by atomic mass is 10.1. The van der Waals surface area contributed by atoms with E-state index in [0.29, 0.717) is 22.5 Å². The minimum Gasteiger partial charge on any atom is -0.322 e. The molecule has 144 valence electrons. The molecule has 3 rings (SSSR count). The Kier molecular flexibility index (Phi) is 6.68. The van der Waals surface area contributed by atoms with Gasteiger partial charge in [-0.15, -0.1) is 0 Å². The molecule has 0 atom stereocenters. The minimum atomic E-state index is -0.321. The first-order chi connectivity index (χ1) is 14.1. The van der Waals surface area contributed by atoms with E-state index >= 15 is 0 Å². The van der Waals surface area contributed by atoms with Crippen molar-refractivity contribution in [3.63, 3.8) is 0 Å². The first-order valence-corrected chi connectivity index (χ1v) is 9.16. The third kappa shape index (κ3) is 6.01. The zero-order valence-corrected chi connectivity index (χ0v) is 16.0. The summed E-state index contributed by atoms with van der Waals surface area (Å²) in [5, 5.41) is 6.89. The monoisotopic (exact) mass is 383 g/mol. The predicted molar refractivity (Wildman–Crippen MR) is 117 cm³/mol. The predicted octanol–water partition coefficient (Wildman–Crippen LogP) is 4.76. The van der Waals surface area contributed by atoms with Crippen LogP contribution in [0.3, 0.4) is 0 Å². The number of allylic oxidation sites excluding steroid dienone is 1. The van der Waals surface area contributed by atoms with Crippen LogP contribution in [0.2, 0.25) is 0 Å². The zero-order chi connectivity index (χ0) is 20.5. The number of hydrazone groups is 1. The highest BCUT2D eigenvalue weighted by Crippen LogP contribution is 2.11. The fraction of sp³-hybridized carbons (Fsp3) is 0.0417. The summed E-state index contributed by atoms with van der Waals surface area (Å²) in [6, 6.07) is 25.4. The van der Waals surface area contributed by atoms with E-state index in [-0.39, 0.29) is 11.8 Å². The van der Waals surface area contributed by atoms with E-state index in [9.17, 15) is 9.59 Å². The molecule has 0 aliphatic heterocycles. The Morgan fingerprint density at radius 2 is 1.34 bits per heavy atom. The average Bonchev–Trinajstić information content (AvgIpc) is 2.78. The van der Waals surface area contributed by atoms with Crippen molar-refractivity contribution in [1.29, 1.82) is 0 Å². The summed E-state index contributed by atoms with van der Waals surface area (Å²) in [5.74, 6) is -0.522. The summed E-state index contributed by atoms with van der Waals surface area (Å²) in [4.78, 5) is 24.4. The third-order valence-electron chi connectivity index (χ3n) is 4.09. The second kappa shape index (κ2) is 9.80. The van der Waals surface area contributed by atoms with Crippen LogP contribution in [0, 0.1) is 0 Å². The van der Waals surface area contributed by atoms with Crippen LogP contribution >= 0.6 is 0 Å². The lowest BCUT2D eigenvalue weighted by molar-refractivity contribution is 0.0954. The highest BCUT2D eigenvalue weighted by atomic mass is 16.2. The first-order valence-electron chi connectivity index (χ1n) is 9.16. The number of benzene rings is 3. The molecule has 0 radical (unpaired) electrons. The molecule has 0 saturated carbocycles. The van der Waals surface area contributed by atoms with Gasteiger partial charge in [-0.2, -0.15) is 5.10 Å². The third-order valence-corrected chi connectivity index (χ3v) is 4.09. The standard InChI is InChI=1S/C24H21N3O2/c1-18(12-13-19-8-4-2-5-9-19)26-27-24(29)21-14-16-22(17-15-21)25-23(28)20-10-6-3-7-11-20/h2-17H,1H3,(H,25,28)(H,27,29)/b13-12+,26-18+. The van der Waals surface area contributed by atoms with Gasteiger partial charge in [0.05, 0.1) is 5.71 Å². The molecule has 3 aromatic rings. The van der Waals surface area contributed by atoms with Gasteiger partial charge in [-0.1, -0.05) is 54.6 Å². The van der Waals surface area contributed by atoms with Crippen molar-refractivity contribution in [3.05, 3.63) is 108 Å². The molecule has 0 saturated heterocycles. The fourth-order valence-electron chi connectivity index (χ4n) is 2.52. The van der Waals surface area contributed by atoms with E-state index in [4.69, 9.17) is 0 Å². The molecular formula is C24H21N3O2. The summed E-state index contributed by atoms with van der Waals surface area (Å²) in [6.45, 7) is 1.81. The molecule has 0 aliphatic rings. The number of nitrogens with one attached hydrogen (secondary N) is 2. The molecule has 29 heavy (non-hydrogen) atoms. The number of rotatable bonds is 6. The van der Waals surface area contributed by atoms with Crippen molar-refractivity contribution in [1.82, 2.24) is 5.43 Å². The Morgan fingerprint density at radius 3 is 2.00 bits per heavy atom. The molecule has 0 bridgehead atoms. The van der Waals surface area contributed by atoms with Gasteiger partial charge in [0.15, 0.2) is 0 Å². The normalized spacial score (nSPS) is 11.3. The van der Waals surface area contributed by atoms with Crippen LogP contribution in [0.15, 0.2) is 96.1 Å². The molecule has 0 fully saturated rings. The van der Waals surface area contributed by atoms with Crippen LogP contribution in [0.1, 0.15) is 33.2 Å². The molecule has 2 amide bonds. The number of carbonyl (C=O) groups excluding carboxylic acids is 2. The molecule has 5 nitrogen and oxygen atoms in total. The topological polar surface area (TPSA) is 70.6 Å². The Balaban J connectivity index is 1.56. The lowest BCUT2D eigenvalue weighted by Crippen LogP contribution is -2.18. The van der Waals surface area contributed by atoms with Gasteiger partial charge in [-0.3, -0.25) is 9.59 Å². The largest absolute Gasteiger partial charge is 0.322 e. The molecule has 0 aromatic heterocycles. The molecular weight excluding hydrogens is 362 g/mol. The van der Waals surface area contributed by atoms with E-state index in [1.54, 1.807) is 48.5 Å². The molecule has 2 N–H and O–H groups in total. The minimum absolute atomic E-state index is 0.201. The summed E-state index contributed by atoms with van der Waals surface area (Å²) < 4.78 is 0. The molecule has 0 unspecified atom stereocenters. The fourth-order valence-corrected chi connectivity index (χ4v) is 2.52. The van der Waals surface area contributed by atoms with Crippen LogP contribution in [-0.4, -0.2) is 17.5 Å². The van der Waals surface area contributed by atoms with Crippen molar-refractivity contribution in [2.24, 2.45) is 5.10 Å². The van der Waals surface area contributed by atoms with Gasteiger partial charge in [-0.25, -0.2) is 5.43 Å². The van der Waals surface area contributed by atoms with Crippen LogP contribution < -0.4 is 10.7 Å². The Bertz CT molecular complexity index is 1020. The maximum atomic E-state index is 12.2. The van der Waals surface area contributed by atoms with Crippen molar-refractivity contribution < 1.29 is 9.59 Å². The molecule has 0 heterocycles. The van der Waals surface area contributed by atoms with Crippen molar-refractivity contribution in [3.8, 4) is 0 Å². The maximum Gasteiger partial charge on any atom is 0.271 e. The van der Waals surface area contributed by atoms with Crippen LogP contribution in [-0.2, 0) is 0 Å². The highest BCUT2D eigenvalue weighted by Gasteiger charge is 2.07. The van der Waals surface area contributed by atoms with Crippen molar-refractivity contribution >= 4 is 29.3 Å². The van der Waals surface area contributed by atoms with Gasteiger partial charge in [0.1, 0.15) is 0 Å². The summed E-state index contributed by atoms with van der Waals surface area (Å²) >= 11 is 0. The van der Waals surface area contributed by atoms with Gasteiger partial charge in [-0.05, 0) is 55.0 Å².